The maximum absolute atomic E-state index is 5.41. The number of halogens is 1. The largest absolute Gasteiger partial charge is 0.496 e. The number of methoxy groups -OCH3 is 1. The van der Waals surface area contributed by atoms with Crippen LogP contribution in [0.2, 0.25) is 0 Å². The lowest BCUT2D eigenvalue weighted by atomic mass is 10.1. The van der Waals surface area contributed by atoms with Crippen molar-refractivity contribution in [3.63, 3.8) is 0 Å². The van der Waals surface area contributed by atoms with Gasteiger partial charge in [0.15, 0.2) is 5.96 Å². The van der Waals surface area contributed by atoms with Gasteiger partial charge in [-0.1, -0.05) is 25.1 Å². The van der Waals surface area contributed by atoms with Crippen molar-refractivity contribution in [1.29, 1.82) is 0 Å². The van der Waals surface area contributed by atoms with Crippen LogP contribution < -0.4 is 15.4 Å². The van der Waals surface area contributed by atoms with Crippen LogP contribution in [-0.2, 0) is 6.42 Å². The number of hydrogen-bond donors (Lipinski definition) is 2. The summed E-state index contributed by atoms with van der Waals surface area (Å²) in [5.74, 6) is 2.56. The van der Waals surface area contributed by atoms with Crippen LogP contribution in [0.4, 0.5) is 0 Å². The smallest absolute Gasteiger partial charge is 0.191 e. The average Bonchev–Trinajstić information content (AvgIpc) is 3.08. The number of ether oxygens (including phenoxy) is 1. The maximum atomic E-state index is 5.41. The molecule has 0 radical (unpaired) electrons. The summed E-state index contributed by atoms with van der Waals surface area (Å²) >= 11 is 0. The maximum Gasteiger partial charge on any atom is 0.191 e. The molecule has 1 heterocycles. The van der Waals surface area contributed by atoms with Crippen molar-refractivity contribution < 1.29 is 4.74 Å². The van der Waals surface area contributed by atoms with Crippen molar-refractivity contribution in [1.82, 2.24) is 15.5 Å². The fourth-order valence-electron chi connectivity index (χ4n) is 3.14. The van der Waals surface area contributed by atoms with Gasteiger partial charge in [-0.25, -0.2) is 0 Å². The topological polar surface area (TPSA) is 48.9 Å². The second-order valence-electron chi connectivity index (χ2n) is 6.26. The Kier molecular flexibility index (Phi) is 10.9. The van der Waals surface area contributed by atoms with E-state index in [4.69, 9.17) is 9.73 Å². The fourth-order valence-corrected chi connectivity index (χ4v) is 3.14. The van der Waals surface area contributed by atoms with Crippen LogP contribution in [0.25, 0.3) is 0 Å². The molecule has 2 rings (SSSR count). The number of rotatable bonds is 8. The summed E-state index contributed by atoms with van der Waals surface area (Å²) in [7, 11) is 1.72. The summed E-state index contributed by atoms with van der Waals surface area (Å²) < 4.78 is 5.41. The molecule has 2 N–H and O–H groups in total. The SMILES string of the molecule is CCNC(=NCC1CCN(CC)C1)NCCc1ccccc1OC.I. The zero-order valence-corrected chi connectivity index (χ0v) is 18.1. The number of hydrogen-bond acceptors (Lipinski definition) is 3. The van der Waals surface area contributed by atoms with Gasteiger partial charge in [0.1, 0.15) is 5.75 Å². The minimum Gasteiger partial charge on any atom is -0.496 e. The van der Waals surface area contributed by atoms with Gasteiger partial charge in [-0.15, -0.1) is 24.0 Å². The molecular weight excluding hydrogens is 427 g/mol. The zero-order chi connectivity index (χ0) is 17.2. The number of nitrogens with zero attached hydrogens (tertiary/aromatic N) is 2. The van der Waals surface area contributed by atoms with E-state index in [-0.39, 0.29) is 24.0 Å². The van der Waals surface area contributed by atoms with Gasteiger partial charge in [-0.05, 0) is 50.4 Å². The predicted molar refractivity (Wildman–Crippen MR) is 116 cm³/mol. The first-order valence-electron chi connectivity index (χ1n) is 9.13. The second kappa shape index (κ2) is 12.4. The number of nitrogens with one attached hydrogen (secondary N) is 2. The number of benzene rings is 1. The van der Waals surface area contributed by atoms with E-state index in [1.54, 1.807) is 7.11 Å². The van der Waals surface area contributed by atoms with Gasteiger partial charge >= 0.3 is 0 Å². The Morgan fingerprint density at radius 1 is 1.28 bits per heavy atom. The van der Waals surface area contributed by atoms with Gasteiger partial charge in [0.25, 0.3) is 0 Å². The Balaban J connectivity index is 0.00000312. The van der Waals surface area contributed by atoms with Crippen molar-refractivity contribution in [3.8, 4) is 5.75 Å². The van der Waals surface area contributed by atoms with Gasteiger partial charge in [0.2, 0.25) is 0 Å². The Morgan fingerprint density at radius 3 is 2.76 bits per heavy atom. The van der Waals surface area contributed by atoms with E-state index in [1.165, 1.54) is 25.1 Å². The van der Waals surface area contributed by atoms with Gasteiger partial charge in [0, 0.05) is 26.2 Å². The molecule has 1 aliphatic heterocycles. The monoisotopic (exact) mass is 460 g/mol. The molecule has 1 unspecified atom stereocenters. The molecule has 0 spiro atoms. The van der Waals surface area contributed by atoms with Crippen LogP contribution in [0.1, 0.15) is 25.8 Å². The Hall–Kier alpha value is -1.02. The summed E-state index contributed by atoms with van der Waals surface area (Å²) in [6.07, 6.45) is 2.18. The lowest BCUT2D eigenvalue weighted by Gasteiger charge is -2.14. The van der Waals surface area contributed by atoms with Crippen LogP contribution in [0.15, 0.2) is 29.3 Å². The van der Waals surface area contributed by atoms with E-state index in [9.17, 15) is 0 Å². The highest BCUT2D eigenvalue weighted by Crippen LogP contribution is 2.17. The molecule has 0 amide bonds. The Labute approximate surface area is 169 Å². The standard InChI is InChI=1S/C19H32N4O.HI/c1-4-20-19(22-14-16-11-13-23(5-2)15-16)21-12-10-17-8-6-7-9-18(17)24-3;/h6-9,16H,4-5,10-15H2,1-3H3,(H2,20,21,22);1H. The number of para-hydroxylation sites is 1. The molecule has 142 valence electrons. The molecule has 1 aromatic rings. The molecule has 0 aromatic heterocycles. The molecule has 0 saturated carbocycles. The lowest BCUT2D eigenvalue weighted by Crippen LogP contribution is -2.38. The van der Waals surface area contributed by atoms with Crippen LogP contribution >= 0.6 is 24.0 Å². The first-order valence-corrected chi connectivity index (χ1v) is 9.13. The predicted octanol–water partition coefficient (Wildman–Crippen LogP) is 2.75. The third kappa shape index (κ3) is 7.40. The van der Waals surface area contributed by atoms with E-state index >= 15 is 0 Å². The summed E-state index contributed by atoms with van der Waals surface area (Å²) in [4.78, 5) is 7.28. The molecule has 1 fully saturated rings. The zero-order valence-electron chi connectivity index (χ0n) is 15.8. The van der Waals surface area contributed by atoms with Crippen molar-refractivity contribution in [3.05, 3.63) is 29.8 Å². The van der Waals surface area contributed by atoms with E-state index in [2.05, 4.69) is 41.5 Å². The highest BCUT2D eigenvalue weighted by Gasteiger charge is 2.20. The molecule has 25 heavy (non-hydrogen) atoms. The number of guanidine groups is 1. The van der Waals surface area contributed by atoms with Crippen molar-refractivity contribution in [2.75, 3.05) is 46.4 Å². The molecule has 5 nitrogen and oxygen atoms in total. The summed E-state index contributed by atoms with van der Waals surface area (Å²) in [5.41, 5.74) is 1.22. The van der Waals surface area contributed by atoms with Crippen LogP contribution in [0, 0.1) is 5.92 Å². The van der Waals surface area contributed by atoms with E-state index in [0.29, 0.717) is 5.92 Å². The van der Waals surface area contributed by atoms with Crippen LogP contribution in [0.5, 0.6) is 5.75 Å². The summed E-state index contributed by atoms with van der Waals surface area (Å²) in [6.45, 7) is 10.5. The Morgan fingerprint density at radius 2 is 2.08 bits per heavy atom. The minimum atomic E-state index is 0. The molecule has 6 heteroatoms. The first kappa shape index (κ1) is 22.0. The Bertz CT molecular complexity index is 524. The average molecular weight is 460 g/mol. The number of likely N-dealkylation sites (tertiary alicyclic amines) is 1. The molecule has 1 atom stereocenters. The molecule has 1 saturated heterocycles. The van der Waals surface area contributed by atoms with E-state index < -0.39 is 0 Å². The molecule has 0 aliphatic carbocycles. The van der Waals surface area contributed by atoms with E-state index in [0.717, 1.165) is 44.3 Å². The van der Waals surface area contributed by atoms with Crippen LogP contribution in [-0.4, -0.2) is 57.2 Å². The van der Waals surface area contributed by atoms with Crippen molar-refractivity contribution in [2.24, 2.45) is 10.9 Å². The van der Waals surface area contributed by atoms with Gasteiger partial charge < -0.3 is 20.3 Å². The van der Waals surface area contributed by atoms with Gasteiger partial charge in [-0.2, -0.15) is 0 Å². The summed E-state index contributed by atoms with van der Waals surface area (Å²) in [6, 6.07) is 8.18. The van der Waals surface area contributed by atoms with Gasteiger partial charge in [-0.3, -0.25) is 4.99 Å². The number of aliphatic imine (C=N–C) groups is 1. The highest BCUT2D eigenvalue weighted by molar-refractivity contribution is 14.0. The van der Waals surface area contributed by atoms with Crippen LogP contribution in [0.3, 0.4) is 0 Å². The van der Waals surface area contributed by atoms with Crippen molar-refractivity contribution >= 4 is 29.9 Å². The molecule has 1 aliphatic rings. The first-order chi connectivity index (χ1) is 11.8. The van der Waals surface area contributed by atoms with Gasteiger partial charge in [0.05, 0.1) is 7.11 Å². The molecule has 1 aromatic carbocycles. The third-order valence-corrected chi connectivity index (χ3v) is 4.55. The molecular formula is C19H33IN4O. The van der Waals surface area contributed by atoms with E-state index in [1.807, 2.05) is 12.1 Å². The second-order valence-corrected chi connectivity index (χ2v) is 6.26. The highest BCUT2D eigenvalue weighted by atomic mass is 127. The third-order valence-electron chi connectivity index (χ3n) is 4.55. The fraction of sp³-hybridized carbons (Fsp3) is 0.632. The quantitative estimate of drug-likeness (QED) is 0.356. The van der Waals surface area contributed by atoms with Crippen molar-refractivity contribution in [2.45, 2.75) is 26.7 Å². The molecule has 0 bridgehead atoms. The summed E-state index contributed by atoms with van der Waals surface area (Å²) in [5, 5.41) is 6.78. The lowest BCUT2D eigenvalue weighted by molar-refractivity contribution is 0.343. The normalized spacial score (nSPS) is 17.9. The minimum absolute atomic E-state index is 0.